The van der Waals surface area contributed by atoms with Crippen LogP contribution < -0.4 is 0 Å². The first-order chi connectivity index (χ1) is 6.15. The molecule has 0 saturated carbocycles. The van der Waals surface area contributed by atoms with E-state index >= 15 is 0 Å². The molecule has 13 heavy (non-hydrogen) atoms. The third-order valence-corrected chi connectivity index (χ3v) is 3.40. The Morgan fingerprint density at radius 1 is 1.54 bits per heavy atom. The minimum atomic E-state index is -0.0290. The summed E-state index contributed by atoms with van der Waals surface area (Å²) >= 11 is 0. The average Bonchev–Trinajstić information content (AvgIpc) is 2.57. The average molecular weight is 180 g/mol. The zero-order valence-electron chi connectivity index (χ0n) is 8.19. The van der Waals surface area contributed by atoms with Gasteiger partial charge in [0.15, 0.2) is 0 Å². The summed E-state index contributed by atoms with van der Waals surface area (Å²) in [4.78, 5) is 10.4. The highest BCUT2D eigenvalue weighted by atomic mass is 16.5. The highest BCUT2D eigenvalue weighted by Gasteiger charge is 2.46. The second-order valence-electron chi connectivity index (χ2n) is 4.56. The molecule has 2 aliphatic rings. The first-order valence-corrected chi connectivity index (χ1v) is 4.91. The Labute approximate surface area is 79.0 Å². The van der Waals surface area contributed by atoms with Crippen molar-refractivity contribution in [3.05, 3.63) is 12.2 Å². The predicted molar refractivity (Wildman–Crippen MR) is 50.3 cm³/mol. The number of carbonyl (C=O) groups is 1. The van der Waals surface area contributed by atoms with E-state index in [1.165, 1.54) is 0 Å². The maximum Gasteiger partial charge on any atom is 0.120 e. The van der Waals surface area contributed by atoms with Crippen LogP contribution >= 0.6 is 0 Å². The lowest BCUT2D eigenvalue weighted by Gasteiger charge is -2.23. The Bertz CT molecular complexity index is 242. The zero-order valence-corrected chi connectivity index (χ0v) is 8.19. The van der Waals surface area contributed by atoms with Gasteiger partial charge >= 0.3 is 0 Å². The molecule has 0 aromatic rings. The third-order valence-electron chi connectivity index (χ3n) is 3.40. The monoisotopic (exact) mass is 180 g/mol. The van der Waals surface area contributed by atoms with Gasteiger partial charge in [-0.25, -0.2) is 0 Å². The van der Waals surface area contributed by atoms with E-state index in [1.807, 2.05) is 0 Å². The van der Waals surface area contributed by atoms with Crippen molar-refractivity contribution in [1.82, 2.24) is 0 Å². The molecule has 0 aromatic carbocycles. The van der Waals surface area contributed by atoms with Crippen molar-refractivity contribution < 1.29 is 9.53 Å². The lowest BCUT2D eigenvalue weighted by molar-refractivity contribution is -0.108. The number of aldehydes is 1. The lowest BCUT2D eigenvalue weighted by atomic mass is 9.82. The molecule has 0 amide bonds. The maximum atomic E-state index is 10.4. The molecule has 2 rings (SSSR count). The van der Waals surface area contributed by atoms with Gasteiger partial charge < -0.3 is 9.53 Å². The summed E-state index contributed by atoms with van der Waals surface area (Å²) in [5, 5.41) is 0. The van der Waals surface area contributed by atoms with Gasteiger partial charge in [0.2, 0.25) is 0 Å². The fourth-order valence-electron chi connectivity index (χ4n) is 2.56. The van der Waals surface area contributed by atoms with Crippen molar-refractivity contribution in [2.24, 2.45) is 17.8 Å². The van der Waals surface area contributed by atoms with Crippen molar-refractivity contribution in [3.63, 3.8) is 0 Å². The Morgan fingerprint density at radius 3 is 3.00 bits per heavy atom. The van der Waals surface area contributed by atoms with E-state index in [0.717, 1.165) is 12.9 Å². The molecule has 0 bridgehead atoms. The van der Waals surface area contributed by atoms with E-state index < -0.39 is 0 Å². The number of rotatable bonds is 2. The molecule has 1 heterocycles. The quantitative estimate of drug-likeness (QED) is 0.478. The normalized spacial score (nSPS) is 40.6. The number of hydrogen-bond acceptors (Lipinski definition) is 2. The van der Waals surface area contributed by atoms with E-state index in [0.29, 0.717) is 24.2 Å². The van der Waals surface area contributed by atoms with Crippen LogP contribution in [0.15, 0.2) is 12.2 Å². The topological polar surface area (TPSA) is 26.3 Å². The standard InChI is InChI=1S/C11H16O2/c1-11(2)10-4-3-8(5-6-12)9(10)7-13-11/h3-4,6,8-10H,5,7H2,1-2H3/t8-,9+,10-/m1/s1. The molecule has 2 heteroatoms. The molecule has 0 radical (unpaired) electrons. The van der Waals surface area contributed by atoms with Crippen molar-refractivity contribution in [2.45, 2.75) is 25.9 Å². The Balaban J connectivity index is 2.12. The first kappa shape index (κ1) is 8.95. The van der Waals surface area contributed by atoms with Crippen LogP contribution in [-0.4, -0.2) is 18.5 Å². The molecule has 0 unspecified atom stereocenters. The zero-order chi connectivity index (χ0) is 9.47. The molecule has 1 aliphatic carbocycles. The van der Waals surface area contributed by atoms with Crippen LogP contribution in [0.5, 0.6) is 0 Å². The third kappa shape index (κ3) is 1.33. The molecule has 0 aromatic heterocycles. The van der Waals surface area contributed by atoms with Gasteiger partial charge in [-0.1, -0.05) is 12.2 Å². The second-order valence-corrected chi connectivity index (χ2v) is 4.56. The van der Waals surface area contributed by atoms with Crippen LogP contribution in [-0.2, 0) is 9.53 Å². The lowest BCUT2D eigenvalue weighted by Crippen LogP contribution is -2.27. The number of hydrogen-bond donors (Lipinski definition) is 0. The predicted octanol–water partition coefficient (Wildman–Crippen LogP) is 1.80. The Hall–Kier alpha value is -0.630. The molecular formula is C11H16O2. The maximum absolute atomic E-state index is 10.4. The molecule has 1 aliphatic heterocycles. The summed E-state index contributed by atoms with van der Waals surface area (Å²) in [6, 6.07) is 0. The molecule has 2 nitrogen and oxygen atoms in total. The molecule has 0 N–H and O–H groups in total. The van der Waals surface area contributed by atoms with Crippen LogP contribution in [0.3, 0.4) is 0 Å². The molecule has 1 saturated heterocycles. The van der Waals surface area contributed by atoms with E-state index in [4.69, 9.17) is 4.74 Å². The minimum Gasteiger partial charge on any atom is -0.375 e. The molecule has 3 atom stereocenters. The van der Waals surface area contributed by atoms with Gasteiger partial charge in [0.25, 0.3) is 0 Å². The van der Waals surface area contributed by atoms with Gasteiger partial charge in [0.1, 0.15) is 6.29 Å². The highest BCUT2D eigenvalue weighted by Crippen LogP contribution is 2.45. The van der Waals surface area contributed by atoms with Gasteiger partial charge in [-0.15, -0.1) is 0 Å². The first-order valence-electron chi connectivity index (χ1n) is 4.91. The number of carbonyl (C=O) groups excluding carboxylic acids is 1. The van der Waals surface area contributed by atoms with Gasteiger partial charge in [0.05, 0.1) is 12.2 Å². The van der Waals surface area contributed by atoms with Crippen molar-refractivity contribution >= 4 is 6.29 Å². The summed E-state index contributed by atoms with van der Waals surface area (Å²) < 4.78 is 5.72. The number of ether oxygens (including phenoxy) is 1. The van der Waals surface area contributed by atoms with E-state index in [1.54, 1.807) is 0 Å². The van der Waals surface area contributed by atoms with E-state index in [9.17, 15) is 4.79 Å². The van der Waals surface area contributed by atoms with Crippen LogP contribution in [0.1, 0.15) is 20.3 Å². The van der Waals surface area contributed by atoms with E-state index in [2.05, 4.69) is 26.0 Å². The molecule has 72 valence electrons. The van der Waals surface area contributed by atoms with Gasteiger partial charge in [-0.2, -0.15) is 0 Å². The Morgan fingerprint density at radius 2 is 2.31 bits per heavy atom. The molecule has 1 fully saturated rings. The van der Waals surface area contributed by atoms with Crippen molar-refractivity contribution in [1.29, 1.82) is 0 Å². The summed E-state index contributed by atoms with van der Waals surface area (Å²) in [6.07, 6.45) is 6.08. The van der Waals surface area contributed by atoms with E-state index in [-0.39, 0.29) is 5.60 Å². The summed E-state index contributed by atoms with van der Waals surface area (Å²) in [5.41, 5.74) is -0.0290. The van der Waals surface area contributed by atoms with Crippen molar-refractivity contribution in [2.75, 3.05) is 6.61 Å². The van der Waals surface area contributed by atoms with Gasteiger partial charge in [-0.05, 0) is 25.7 Å². The van der Waals surface area contributed by atoms with Crippen LogP contribution in [0.4, 0.5) is 0 Å². The molecule has 0 spiro atoms. The minimum absolute atomic E-state index is 0.0290. The van der Waals surface area contributed by atoms with Crippen LogP contribution in [0.25, 0.3) is 0 Å². The highest BCUT2D eigenvalue weighted by molar-refractivity contribution is 5.50. The van der Waals surface area contributed by atoms with Gasteiger partial charge in [0, 0.05) is 12.3 Å². The fourth-order valence-corrected chi connectivity index (χ4v) is 2.56. The number of fused-ring (bicyclic) bond motifs is 1. The van der Waals surface area contributed by atoms with Crippen LogP contribution in [0.2, 0.25) is 0 Å². The largest absolute Gasteiger partial charge is 0.375 e. The second kappa shape index (κ2) is 2.95. The van der Waals surface area contributed by atoms with Crippen molar-refractivity contribution in [3.8, 4) is 0 Å². The number of allylic oxidation sites excluding steroid dienone is 1. The summed E-state index contributed by atoms with van der Waals surface area (Å²) in [7, 11) is 0. The Kier molecular flexibility index (Phi) is 2.03. The smallest absolute Gasteiger partial charge is 0.120 e. The van der Waals surface area contributed by atoms with Crippen LogP contribution in [0, 0.1) is 17.8 Å². The molecular weight excluding hydrogens is 164 g/mol. The fraction of sp³-hybridized carbons (Fsp3) is 0.727. The SMILES string of the molecule is CC1(C)OC[C@H]2[C@@H](CC=O)C=C[C@H]21. The summed E-state index contributed by atoms with van der Waals surface area (Å²) in [6.45, 7) is 5.07. The summed E-state index contributed by atoms with van der Waals surface area (Å²) in [5.74, 6) is 1.47. The van der Waals surface area contributed by atoms with Gasteiger partial charge in [-0.3, -0.25) is 0 Å².